The molecule has 1 aromatic rings. The zero-order valence-electron chi connectivity index (χ0n) is 12.5. The first kappa shape index (κ1) is 15.8. The van der Waals surface area contributed by atoms with Crippen LogP contribution in [0.5, 0.6) is 0 Å². The van der Waals surface area contributed by atoms with Crippen LogP contribution in [0.25, 0.3) is 0 Å². The van der Waals surface area contributed by atoms with Gasteiger partial charge in [0.1, 0.15) is 6.04 Å². The summed E-state index contributed by atoms with van der Waals surface area (Å²) < 4.78 is 23.9. The van der Waals surface area contributed by atoms with E-state index in [0.717, 1.165) is 6.54 Å². The van der Waals surface area contributed by atoms with E-state index in [1.165, 1.54) is 11.2 Å². The summed E-state index contributed by atoms with van der Waals surface area (Å²) in [6.45, 7) is 1.82. The van der Waals surface area contributed by atoms with Gasteiger partial charge in [-0.05, 0) is 12.1 Å². The molecule has 0 radical (unpaired) electrons. The fourth-order valence-electron chi connectivity index (χ4n) is 2.52. The van der Waals surface area contributed by atoms with E-state index in [1.54, 1.807) is 38.4 Å². The number of para-hydroxylation sites is 1. The summed E-state index contributed by atoms with van der Waals surface area (Å²) in [5.41, 5.74) is 0.599. The summed E-state index contributed by atoms with van der Waals surface area (Å²) >= 11 is 0. The van der Waals surface area contributed by atoms with E-state index in [9.17, 15) is 13.2 Å². The highest BCUT2D eigenvalue weighted by Crippen LogP contribution is 2.27. The van der Waals surface area contributed by atoms with Crippen molar-refractivity contribution >= 4 is 21.4 Å². The SMILES string of the molecule is CN(C)C(=O)C1CNCCN1c1ccccc1S(C)(=O)=O. The summed E-state index contributed by atoms with van der Waals surface area (Å²) in [7, 11) is 0.0727. The van der Waals surface area contributed by atoms with Gasteiger partial charge in [-0.25, -0.2) is 8.42 Å². The highest BCUT2D eigenvalue weighted by molar-refractivity contribution is 7.90. The number of likely N-dealkylation sites (N-methyl/N-ethyl adjacent to an activating group) is 1. The first-order valence-electron chi connectivity index (χ1n) is 6.80. The number of amides is 1. The minimum Gasteiger partial charge on any atom is -0.356 e. The van der Waals surface area contributed by atoms with Crippen LogP contribution >= 0.6 is 0 Å². The number of hydrogen-bond donors (Lipinski definition) is 1. The maximum absolute atomic E-state index is 12.3. The summed E-state index contributed by atoms with van der Waals surface area (Å²) in [6, 6.07) is 6.45. The van der Waals surface area contributed by atoms with Crippen LogP contribution in [0.15, 0.2) is 29.2 Å². The van der Waals surface area contributed by atoms with Crippen molar-refractivity contribution < 1.29 is 13.2 Å². The van der Waals surface area contributed by atoms with Gasteiger partial charge in [0, 0.05) is 40.0 Å². The molecule has 0 bridgehead atoms. The number of nitrogens with zero attached hydrogens (tertiary/aromatic N) is 2. The molecule has 1 heterocycles. The molecule has 1 fully saturated rings. The first-order valence-corrected chi connectivity index (χ1v) is 8.69. The maximum atomic E-state index is 12.3. The molecule has 116 valence electrons. The third-order valence-corrected chi connectivity index (χ3v) is 4.69. The molecule has 1 atom stereocenters. The van der Waals surface area contributed by atoms with Crippen molar-refractivity contribution in [2.75, 3.05) is 44.9 Å². The van der Waals surface area contributed by atoms with Crippen LogP contribution in [0.2, 0.25) is 0 Å². The minimum atomic E-state index is -3.34. The number of nitrogens with one attached hydrogen (secondary N) is 1. The molecule has 1 aromatic carbocycles. The molecular formula is C14H21N3O3S. The molecule has 1 aliphatic rings. The fraction of sp³-hybridized carbons (Fsp3) is 0.500. The minimum absolute atomic E-state index is 0.0366. The van der Waals surface area contributed by atoms with Crippen LogP contribution < -0.4 is 10.2 Å². The lowest BCUT2D eigenvalue weighted by atomic mass is 10.1. The molecule has 1 N–H and O–H groups in total. The molecule has 1 aliphatic heterocycles. The van der Waals surface area contributed by atoms with Crippen LogP contribution in [0, 0.1) is 0 Å². The van der Waals surface area contributed by atoms with E-state index in [1.807, 2.05) is 4.90 Å². The van der Waals surface area contributed by atoms with Gasteiger partial charge in [-0.1, -0.05) is 12.1 Å². The third-order valence-electron chi connectivity index (χ3n) is 3.54. The Morgan fingerprint density at radius 3 is 2.62 bits per heavy atom. The van der Waals surface area contributed by atoms with Crippen LogP contribution in [-0.4, -0.2) is 65.3 Å². The Bertz CT molecular complexity index is 628. The van der Waals surface area contributed by atoms with Crippen molar-refractivity contribution in [2.24, 2.45) is 0 Å². The maximum Gasteiger partial charge on any atom is 0.246 e. The molecule has 1 unspecified atom stereocenters. The number of carbonyl (C=O) groups excluding carboxylic acids is 1. The topological polar surface area (TPSA) is 69.7 Å². The van der Waals surface area contributed by atoms with Gasteiger partial charge in [-0.2, -0.15) is 0 Å². The van der Waals surface area contributed by atoms with Gasteiger partial charge in [0.05, 0.1) is 10.6 Å². The second-order valence-electron chi connectivity index (χ2n) is 5.39. The first-order chi connectivity index (χ1) is 9.82. The summed E-state index contributed by atoms with van der Waals surface area (Å²) in [4.78, 5) is 16.0. The number of hydrogen-bond acceptors (Lipinski definition) is 5. The average Bonchev–Trinajstić information content (AvgIpc) is 2.45. The van der Waals surface area contributed by atoms with E-state index in [-0.39, 0.29) is 10.8 Å². The van der Waals surface area contributed by atoms with Crippen molar-refractivity contribution in [3.63, 3.8) is 0 Å². The molecule has 0 aromatic heterocycles. The molecule has 1 saturated heterocycles. The Balaban J connectivity index is 2.46. The number of benzene rings is 1. The van der Waals surface area contributed by atoms with Crippen molar-refractivity contribution in [1.29, 1.82) is 0 Å². The monoisotopic (exact) mass is 311 g/mol. The lowest BCUT2D eigenvalue weighted by Crippen LogP contribution is -2.58. The van der Waals surface area contributed by atoms with E-state index in [2.05, 4.69) is 5.32 Å². The zero-order chi connectivity index (χ0) is 15.6. The van der Waals surface area contributed by atoms with Crippen LogP contribution in [0.4, 0.5) is 5.69 Å². The van der Waals surface area contributed by atoms with Gasteiger partial charge in [0.25, 0.3) is 0 Å². The van der Waals surface area contributed by atoms with E-state index < -0.39 is 15.9 Å². The van der Waals surface area contributed by atoms with E-state index >= 15 is 0 Å². The molecule has 2 rings (SSSR count). The van der Waals surface area contributed by atoms with E-state index in [0.29, 0.717) is 18.8 Å². The Morgan fingerprint density at radius 2 is 2.00 bits per heavy atom. The Morgan fingerprint density at radius 1 is 1.33 bits per heavy atom. The number of carbonyl (C=O) groups is 1. The lowest BCUT2D eigenvalue weighted by Gasteiger charge is -2.38. The second-order valence-corrected chi connectivity index (χ2v) is 7.37. The predicted molar refractivity (Wildman–Crippen MR) is 82.2 cm³/mol. The smallest absolute Gasteiger partial charge is 0.246 e. The molecule has 0 spiro atoms. The molecular weight excluding hydrogens is 290 g/mol. The molecule has 1 amide bonds. The van der Waals surface area contributed by atoms with Crippen molar-refractivity contribution in [2.45, 2.75) is 10.9 Å². The standard InChI is InChI=1S/C14H21N3O3S/c1-16(2)14(18)12-10-15-8-9-17(12)11-6-4-5-7-13(11)21(3,19)20/h4-7,12,15H,8-10H2,1-3H3. The number of piperazine rings is 1. The Labute approximate surface area is 125 Å². The summed E-state index contributed by atoms with van der Waals surface area (Å²) in [6.07, 6.45) is 1.19. The van der Waals surface area contributed by atoms with Crippen molar-refractivity contribution in [3.8, 4) is 0 Å². The molecule has 6 nitrogen and oxygen atoms in total. The van der Waals surface area contributed by atoms with Gasteiger partial charge >= 0.3 is 0 Å². The average molecular weight is 311 g/mol. The van der Waals surface area contributed by atoms with Gasteiger partial charge in [-0.3, -0.25) is 4.79 Å². The van der Waals surface area contributed by atoms with Gasteiger partial charge in [0.15, 0.2) is 9.84 Å². The van der Waals surface area contributed by atoms with Crippen LogP contribution in [-0.2, 0) is 14.6 Å². The molecule has 0 saturated carbocycles. The van der Waals surface area contributed by atoms with Gasteiger partial charge < -0.3 is 15.1 Å². The van der Waals surface area contributed by atoms with E-state index in [4.69, 9.17) is 0 Å². The number of sulfone groups is 1. The number of rotatable bonds is 3. The van der Waals surface area contributed by atoms with Gasteiger partial charge in [0.2, 0.25) is 5.91 Å². The largest absolute Gasteiger partial charge is 0.356 e. The molecule has 21 heavy (non-hydrogen) atoms. The quantitative estimate of drug-likeness (QED) is 0.848. The van der Waals surface area contributed by atoms with Crippen molar-refractivity contribution in [1.82, 2.24) is 10.2 Å². The highest BCUT2D eigenvalue weighted by atomic mass is 32.2. The number of anilines is 1. The summed E-state index contributed by atoms with van der Waals surface area (Å²) in [5, 5.41) is 3.19. The van der Waals surface area contributed by atoms with Crippen molar-refractivity contribution in [3.05, 3.63) is 24.3 Å². The normalized spacial score (nSPS) is 19.4. The third kappa shape index (κ3) is 3.36. The Hall–Kier alpha value is -1.60. The summed E-state index contributed by atoms with van der Waals surface area (Å²) in [5.74, 6) is -0.0366. The van der Waals surface area contributed by atoms with Crippen LogP contribution in [0.1, 0.15) is 0 Å². The zero-order valence-corrected chi connectivity index (χ0v) is 13.4. The molecule has 7 heteroatoms. The predicted octanol–water partition coefficient (Wildman–Crippen LogP) is -0.0435. The lowest BCUT2D eigenvalue weighted by molar-refractivity contribution is -0.130. The molecule has 0 aliphatic carbocycles. The highest BCUT2D eigenvalue weighted by Gasteiger charge is 2.32. The van der Waals surface area contributed by atoms with Gasteiger partial charge in [-0.15, -0.1) is 0 Å². The fourth-order valence-corrected chi connectivity index (χ4v) is 3.41. The Kier molecular flexibility index (Phi) is 4.53. The van der Waals surface area contributed by atoms with Crippen LogP contribution in [0.3, 0.4) is 0 Å². The second kappa shape index (κ2) is 6.03.